The van der Waals surface area contributed by atoms with E-state index in [0.29, 0.717) is 52.9 Å². The molecule has 2 aromatic carbocycles. The van der Waals surface area contributed by atoms with Gasteiger partial charge < -0.3 is 23.8 Å². The second-order valence-electron chi connectivity index (χ2n) is 11.2. The summed E-state index contributed by atoms with van der Waals surface area (Å²) in [5, 5.41) is 1.19. The predicted molar refractivity (Wildman–Crippen MR) is 170 cm³/mol. The zero-order chi connectivity index (χ0) is 30.9. The molecule has 12 heteroatoms. The van der Waals surface area contributed by atoms with Crippen molar-refractivity contribution >= 4 is 62.0 Å². The number of esters is 1. The number of halogens is 2. The average Bonchev–Trinajstić information content (AvgIpc) is 3.57. The fourth-order valence-electron chi connectivity index (χ4n) is 4.81. The number of rotatable bonds is 7. The molecule has 9 nitrogen and oxygen atoms in total. The minimum absolute atomic E-state index is 0.0990. The predicted octanol–water partition coefficient (Wildman–Crippen LogP) is 8.21. The Labute approximate surface area is 267 Å². The smallest absolute Gasteiger partial charge is 0.410 e. The van der Waals surface area contributed by atoms with E-state index in [9.17, 15) is 9.59 Å². The number of thiophene rings is 1. The zero-order valence-corrected chi connectivity index (χ0v) is 27.7. The molecule has 2 aromatic heterocycles. The van der Waals surface area contributed by atoms with Crippen LogP contribution < -0.4 is 9.47 Å². The van der Waals surface area contributed by atoms with Gasteiger partial charge >= 0.3 is 12.1 Å². The molecule has 0 saturated carbocycles. The fourth-order valence-corrected chi connectivity index (χ4v) is 6.48. The van der Waals surface area contributed by atoms with E-state index in [4.69, 9.17) is 30.5 Å². The molecule has 1 fully saturated rings. The molecule has 1 atom stereocenters. The standard InChI is InChI=1S/C31H33BrClN3O6S/c1-18(21-7-6-8-24(27(21)33)41-20-11-13-35(14-12-20)30(38)42-31(2,3)4)40-25-16-26(43-28(25)29(37)39-5)36-17-34-22-10-9-19(32)15-23(22)36/h6-10,15-18,20H,11-14H2,1-5H3. The van der Waals surface area contributed by atoms with Crippen molar-refractivity contribution in [2.75, 3.05) is 20.2 Å². The van der Waals surface area contributed by atoms with Crippen LogP contribution in [0.2, 0.25) is 5.02 Å². The highest BCUT2D eigenvalue weighted by Crippen LogP contribution is 2.40. The molecule has 43 heavy (non-hydrogen) atoms. The van der Waals surface area contributed by atoms with Crippen molar-refractivity contribution in [2.45, 2.75) is 58.3 Å². The largest absolute Gasteiger partial charge is 0.489 e. The average molecular weight is 691 g/mol. The number of hydrogen-bond acceptors (Lipinski definition) is 8. The Morgan fingerprint density at radius 1 is 1.12 bits per heavy atom. The second kappa shape index (κ2) is 12.8. The van der Waals surface area contributed by atoms with Gasteiger partial charge in [0.2, 0.25) is 0 Å². The number of benzene rings is 2. The van der Waals surface area contributed by atoms with Crippen molar-refractivity contribution in [3.63, 3.8) is 0 Å². The third-order valence-electron chi connectivity index (χ3n) is 6.92. The summed E-state index contributed by atoms with van der Waals surface area (Å²) < 4.78 is 26.0. The van der Waals surface area contributed by atoms with E-state index in [2.05, 4.69) is 20.9 Å². The molecule has 5 rings (SSSR count). The normalized spacial score (nSPS) is 14.9. The topological polar surface area (TPSA) is 92.1 Å². The summed E-state index contributed by atoms with van der Waals surface area (Å²) in [7, 11) is 1.34. The SMILES string of the molecule is COC(=O)c1sc(-n2cnc3ccc(Br)cc32)cc1OC(C)c1cccc(OC2CCN(C(=O)OC(C)(C)C)CC2)c1Cl. The van der Waals surface area contributed by atoms with Gasteiger partial charge in [-0.15, -0.1) is 11.3 Å². The van der Waals surface area contributed by atoms with Crippen LogP contribution in [0.25, 0.3) is 16.0 Å². The van der Waals surface area contributed by atoms with Gasteiger partial charge in [-0.25, -0.2) is 14.6 Å². The number of aromatic nitrogens is 2. The monoisotopic (exact) mass is 689 g/mol. The van der Waals surface area contributed by atoms with Crippen LogP contribution in [-0.2, 0) is 9.47 Å². The molecule has 1 amide bonds. The molecule has 1 aliphatic heterocycles. The number of methoxy groups -OCH3 is 1. The van der Waals surface area contributed by atoms with Crippen LogP contribution in [0.3, 0.4) is 0 Å². The summed E-state index contributed by atoms with van der Waals surface area (Å²) in [6, 6.07) is 13.2. The molecule has 1 saturated heterocycles. The van der Waals surface area contributed by atoms with Crippen LogP contribution in [0, 0.1) is 0 Å². The van der Waals surface area contributed by atoms with Crippen molar-refractivity contribution in [1.29, 1.82) is 0 Å². The summed E-state index contributed by atoms with van der Waals surface area (Å²) in [5.74, 6) is 0.429. The van der Waals surface area contributed by atoms with E-state index in [1.165, 1.54) is 18.4 Å². The Hall–Kier alpha value is -3.28. The number of amides is 1. The highest BCUT2D eigenvalue weighted by atomic mass is 79.9. The van der Waals surface area contributed by atoms with Gasteiger partial charge in [0.05, 0.1) is 23.2 Å². The highest BCUT2D eigenvalue weighted by Gasteiger charge is 2.29. The first kappa shape index (κ1) is 31.2. The van der Waals surface area contributed by atoms with Gasteiger partial charge in [0.15, 0.2) is 4.88 Å². The number of carbonyl (C=O) groups excluding carboxylic acids is 2. The number of piperidine rings is 1. The minimum atomic E-state index is -0.537. The fraction of sp³-hybridized carbons (Fsp3) is 0.387. The Morgan fingerprint density at radius 3 is 2.56 bits per heavy atom. The van der Waals surface area contributed by atoms with E-state index in [-0.39, 0.29) is 12.2 Å². The van der Waals surface area contributed by atoms with Crippen molar-refractivity contribution in [3.8, 4) is 16.5 Å². The van der Waals surface area contributed by atoms with Gasteiger partial charge in [-0.1, -0.05) is 39.7 Å². The quantitative estimate of drug-likeness (QED) is 0.181. The molecule has 1 aliphatic rings. The third kappa shape index (κ3) is 7.11. The number of hydrogen-bond donors (Lipinski definition) is 0. The molecule has 4 aromatic rings. The molecule has 0 spiro atoms. The lowest BCUT2D eigenvalue weighted by molar-refractivity contribution is 0.0126. The lowest BCUT2D eigenvalue weighted by Crippen LogP contribution is -2.44. The highest BCUT2D eigenvalue weighted by molar-refractivity contribution is 9.10. The van der Waals surface area contributed by atoms with E-state index in [1.54, 1.807) is 11.2 Å². The number of likely N-dealkylation sites (tertiary alicyclic amines) is 1. The van der Waals surface area contributed by atoms with Crippen molar-refractivity contribution in [3.05, 3.63) is 68.7 Å². The molecular formula is C31H33BrClN3O6S. The molecular weight excluding hydrogens is 658 g/mol. The first-order chi connectivity index (χ1) is 20.4. The Morgan fingerprint density at radius 2 is 1.86 bits per heavy atom. The Kier molecular flexibility index (Phi) is 9.24. The van der Waals surface area contributed by atoms with Gasteiger partial charge in [-0.3, -0.25) is 4.57 Å². The maximum atomic E-state index is 12.7. The molecule has 0 aliphatic carbocycles. The first-order valence-electron chi connectivity index (χ1n) is 13.9. The van der Waals surface area contributed by atoms with Gasteiger partial charge in [0.1, 0.15) is 40.6 Å². The second-order valence-corrected chi connectivity index (χ2v) is 13.5. The molecule has 0 bridgehead atoms. The summed E-state index contributed by atoms with van der Waals surface area (Å²) in [5.41, 5.74) is 1.89. The summed E-state index contributed by atoms with van der Waals surface area (Å²) >= 11 is 11.6. The van der Waals surface area contributed by atoms with Gasteiger partial charge in [-0.05, 0) is 52.0 Å². The zero-order valence-electron chi connectivity index (χ0n) is 24.6. The first-order valence-corrected chi connectivity index (χ1v) is 15.9. The third-order valence-corrected chi connectivity index (χ3v) is 8.92. The molecule has 228 valence electrons. The summed E-state index contributed by atoms with van der Waals surface area (Å²) in [6.07, 6.45) is 2.11. The van der Waals surface area contributed by atoms with E-state index >= 15 is 0 Å². The van der Waals surface area contributed by atoms with Crippen LogP contribution in [0.1, 0.15) is 61.9 Å². The van der Waals surface area contributed by atoms with Crippen LogP contribution >= 0.6 is 38.9 Å². The van der Waals surface area contributed by atoms with E-state index < -0.39 is 17.7 Å². The van der Waals surface area contributed by atoms with Crippen LogP contribution in [-0.4, -0.2) is 58.4 Å². The Bertz CT molecular complexity index is 1640. The van der Waals surface area contributed by atoms with Crippen molar-refractivity contribution in [1.82, 2.24) is 14.5 Å². The van der Waals surface area contributed by atoms with Gasteiger partial charge in [0, 0.05) is 42.0 Å². The minimum Gasteiger partial charge on any atom is -0.489 e. The van der Waals surface area contributed by atoms with E-state index in [0.717, 1.165) is 20.5 Å². The lowest BCUT2D eigenvalue weighted by Gasteiger charge is -2.33. The Balaban J connectivity index is 1.31. The van der Waals surface area contributed by atoms with Crippen LogP contribution in [0.15, 0.2) is 53.3 Å². The number of imidazole rings is 1. The number of nitrogens with zero attached hydrogens (tertiary/aromatic N) is 3. The molecule has 3 heterocycles. The summed E-state index contributed by atoms with van der Waals surface area (Å²) in [4.78, 5) is 31.7. The van der Waals surface area contributed by atoms with Gasteiger partial charge in [-0.2, -0.15) is 0 Å². The summed E-state index contributed by atoms with van der Waals surface area (Å²) in [6.45, 7) is 8.51. The van der Waals surface area contributed by atoms with E-state index in [1.807, 2.05) is 74.7 Å². The van der Waals surface area contributed by atoms with Crippen LogP contribution in [0.4, 0.5) is 4.79 Å². The maximum Gasteiger partial charge on any atom is 0.410 e. The molecule has 0 N–H and O–H groups in total. The van der Waals surface area contributed by atoms with Crippen LogP contribution in [0.5, 0.6) is 11.5 Å². The lowest BCUT2D eigenvalue weighted by atomic mass is 10.1. The molecule has 1 unspecified atom stereocenters. The van der Waals surface area contributed by atoms with Crippen molar-refractivity contribution < 1.29 is 28.5 Å². The number of carbonyl (C=O) groups is 2. The molecule has 0 radical (unpaired) electrons. The number of fused-ring (bicyclic) bond motifs is 1. The maximum absolute atomic E-state index is 12.7. The van der Waals surface area contributed by atoms with Gasteiger partial charge in [0.25, 0.3) is 0 Å². The number of ether oxygens (including phenoxy) is 4. The van der Waals surface area contributed by atoms with Crippen molar-refractivity contribution in [2.24, 2.45) is 0 Å².